The molecule has 0 saturated carbocycles. The summed E-state index contributed by atoms with van der Waals surface area (Å²) in [5.41, 5.74) is 6.62. The number of carbonyl (C=O) groups is 1. The van der Waals surface area contributed by atoms with E-state index in [2.05, 4.69) is 10.2 Å². The van der Waals surface area contributed by atoms with Crippen LogP contribution in [0.1, 0.15) is 0 Å². The summed E-state index contributed by atoms with van der Waals surface area (Å²) in [6, 6.07) is 1.17. The Morgan fingerprint density at radius 3 is 3.17 bits per heavy atom. The third kappa shape index (κ3) is 0.914. The van der Waals surface area contributed by atoms with Crippen molar-refractivity contribution < 1.29 is 4.79 Å². The number of rotatable bonds is 0. The summed E-state index contributed by atoms with van der Waals surface area (Å²) in [7, 11) is 0. The Labute approximate surface area is 68.2 Å². The van der Waals surface area contributed by atoms with Crippen LogP contribution in [0.15, 0.2) is 24.7 Å². The zero-order valence-corrected chi connectivity index (χ0v) is 6.14. The first-order valence-corrected chi connectivity index (χ1v) is 3.36. The van der Waals surface area contributed by atoms with Gasteiger partial charge >= 0.3 is 6.03 Å². The summed E-state index contributed by atoms with van der Waals surface area (Å²) < 4.78 is 1.28. The highest BCUT2D eigenvalue weighted by molar-refractivity contribution is 5.76. The lowest BCUT2D eigenvalue weighted by atomic mass is 10.2. The van der Waals surface area contributed by atoms with Gasteiger partial charge in [0, 0.05) is 18.0 Å². The second-order valence-corrected chi connectivity index (χ2v) is 2.38. The average molecular weight is 162 g/mol. The Morgan fingerprint density at radius 2 is 2.42 bits per heavy atom. The third-order valence-electron chi connectivity index (χ3n) is 1.58. The van der Waals surface area contributed by atoms with Gasteiger partial charge in [-0.05, 0) is 6.07 Å². The first kappa shape index (κ1) is 6.78. The minimum absolute atomic E-state index is 0.516. The Hall–Kier alpha value is -1.91. The molecule has 0 aliphatic carbocycles. The molecule has 5 heteroatoms. The molecule has 0 saturated heterocycles. The molecule has 0 spiro atoms. The molecule has 0 unspecified atom stereocenters. The SMILES string of the molecule is NC(=O)n1ccc2nncc-2c1. The van der Waals surface area contributed by atoms with Crippen LogP contribution in [-0.4, -0.2) is 20.8 Å². The van der Waals surface area contributed by atoms with E-state index in [0.29, 0.717) is 0 Å². The molecule has 2 N–H and O–H groups in total. The fraction of sp³-hybridized carbons (Fsp3) is 0. The Kier molecular flexibility index (Phi) is 1.30. The molecule has 0 bridgehead atoms. The Balaban J connectivity index is 2.62. The number of pyridine rings is 1. The normalized spacial score (nSPS) is 10.3. The van der Waals surface area contributed by atoms with Gasteiger partial charge in [0.2, 0.25) is 0 Å². The van der Waals surface area contributed by atoms with E-state index in [-0.39, 0.29) is 0 Å². The molecule has 1 amide bonds. The highest BCUT2D eigenvalue weighted by Gasteiger charge is 2.05. The average Bonchev–Trinajstić information content (AvgIpc) is 2.49. The lowest BCUT2D eigenvalue weighted by Gasteiger charge is -2.01. The molecule has 0 aromatic rings. The van der Waals surface area contributed by atoms with Gasteiger partial charge in [-0.15, -0.1) is 0 Å². The number of carbonyl (C=O) groups excluding carboxylic acids is 1. The van der Waals surface area contributed by atoms with Crippen LogP contribution in [0.25, 0.3) is 11.3 Å². The molecule has 5 nitrogen and oxygen atoms in total. The van der Waals surface area contributed by atoms with Crippen molar-refractivity contribution in [3.05, 3.63) is 24.7 Å². The van der Waals surface area contributed by atoms with Gasteiger partial charge in [-0.25, -0.2) is 4.79 Å². The quantitative estimate of drug-likeness (QED) is 0.605. The number of hydrogen-bond acceptors (Lipinski definition) is 3. The molecule has 0 aromatic carbocycles. The minimum Gasteiger partial charge on any atom is -0.351 e. The second-order valence-electron chi connectivity index (χ2n) is 2.38. The van der Waals surface area contributed by atoms with E-state index in [1.165, 1.54) is 4.57 Å². The molecule has 0 radical (unpaired) electrons. The summed E-state index contributed by atoms with van der Waals surface area (Å²) >= 11 is 0. The van der Waals surface area contributed by atoms with Crippen molar-refractivity contribution in [3.8, 4) is 11.3 Å². The van der Waals surface area contributed by atoms with Gasteiger partial charge in [-0.3, -0.25) is 4.57 Å². The Morgan fingerprint density at radius 1 is 1.58 bits per heavy atom. The fourth-order valence-corrected chi connectivity index (χ4v) is 0.987. The number of primary amides is 1. The van der Waals surface area contributed by atoms with E-state index >= 15 is 0 Å². The summed E-state index contributed by atoms with van der Waals surface area (Å²) in [4.78, 5) is 10.7. The lowest BCUT2D eigenvalue weighted by Crippen LogP contribution is -2.19. The first-order valence-electron chi connectivity index (χ1n) is 3.36. The number of amides is 1. The molecule has 12 heavy (non-hydrogen) atoms. The van der Waals surface area contributed by atoms with Gasteiger partial charge in [0.25, 0.3) is 0 Å². The Bertz CT molecular complexity index is 394. The molecule has 2 aliphatic heterocycles. The zero-order chi connectivity index (χ0) is 8.55. The highest BCUT2D eigenvalue weighted by Crippen LogP contribution is 2.15. The van der Waals surface area contributed by atoms with Crippen LogP contribution < -0.4 is 5.73 Å². The van der Waals surface area contributed by atoms with Gasteiger partial charge in [-0.2, -0.15) is 10.2 Å². The van der Waals surface area contributed by atoms with Gasteiger partial charge < -0.3 is 5.73 Å². The van der Waals surface area contributed by atoms with E-state index in [4.69, 9.17) is 5.73 Å². The van der Waals surface area contributed by atoms with Crippen molar-refractivity contribution in [1.29, 1.82) is 0 Å². The largest absolute Gasteiger partial charge is 0.351 e. The maximum Gasteiger partial charge on any atom is 0.322 e. The summed E-state index contributed by atoms with van der Waals surface area (Å²) in [6.07, 6.45) is 4.73. The molecule has 0 fully saturated rings. The monoisotopic (exact) mass is 162 g/mol. The number of aromatic nitrogens is 3. The maximum absolute atomic E-state index is 10.7. The molecule has 2 rings (SSSR count). The van der Waals surface area contributed by atoms with E-state index in [1.54, 1.807) is 24.7 Å². The van der Waals surface area contributed by atoms with Gasteiger partial charge in [0.05, 0.1) is 11.9 Å². The summed E-state index contributed by atoms with van der Waals surface area (Å²) in [5, 5.41) is 7.49. The van der Waals surface area contributed by atoms with E-state index in [0.717, 1.165) is 11.3 Å². The van der Waals surface area contributed by atoms with Crippen molar-refractivity contribution in [2.75, 3.05) is 0 Å². The van der Waals surface area contributed by atoms with Crippen molar-refractivity contribution >= 4 is 6.03 Å². The zero-order valence-electron chi connectivity index (χ0n) is 6.14. The van der Waals surface area contributed by atoms with Crippen molar-refractivity contribution in [2.24, 2.45) is 5.73 Å². The predicted molar refractivity (Wildman–Crippen MR) is 41.6 cm³/mol. The van der Waals surface area contributed by atoms with Crippen LogP contribution in [0.5, 0.6) is 0 Å². The fourth-order valence-electron chi connectivity index (χ4n) is 0.987. The second kappa shape index (κ2) is 2.30. The summed E-state index contributed by atoms with van der Waals surface area (Å²) in [5.74, 6) is 0. The molecule has 0 aromatic heterocycles. The van der Waals surface area contributed by atoms with Crippen molar-refractivity contribution in [3.63, 3.8) is 0 Å². The topological polar surface area (TPSA) is 73.8 Å². The van der Waals surface area contributed by atoms with Crippen LogP contribution in [0, 0.1) is 0 Å². The number of fused-ring (bicyclic) bond motifs is 1. The van der Waals surface area contributed by atoms with Crippen LogP contribution >= 0.6 is 0 Å². The molecular weight excluding hydrogens is 156 g/mol. The molecule has 60 valence electrons. The number of nitrogens with zero attached hydrogens (tertiary/aromatic N) is 3. The maximum atomic E-state index is 10.7. The van der Waals surface area contributed by atoms with Crippen molar-refractivity contribution in [2.45, 2.75) is 0 Å². The number of nitrogens with two attached hydrogens (primary N) is 1. The first-order chi connectivity index (χ1) is 5.77. The van der Waals surface area contributed by atoms with Crippen LogP contribution in [0.3, 0.4) is 0 Å². The van der Waals surface area contributed by atoms with Gasteiger partial charge in [0.1, 0.15) is 0 Å². The van der Waals surface area contributed by atoms with Crippen molar-refractivity contribution in [1.82, 2.24) is 14.8 Å². The standard InChI is InChI=1S/C7H6N4O/c8-7(12)11-2-1-6-5(4-11)3-9-10-6/h1-4H,(H2,8,12). The lowest BCUT2D eigenvalue weighted by molar-refractivity contribution is 0.250. The predicted octanol–water partition coefficient (Wildman–Crippen LogP) is 0.310. The van der Waals surface area contributed by atoms with E-state index in [1.807, 2.05) is 0 Å². The summed E-state index contributed by atoms with van der Waals surface area (Å²) in [6.45, 7) is 0. The smallest absolute Gasteiger partial charge is 0.322 e. The molecule has 0 atom stereocenters. The molecule has 2 aliphatic rings. The van der Waals surface area contributed by atoms with Gasteiger partial charge in [-0.1, -0.05) is 0 Å². The van der Waals surface area contributed by atoms with E-state index < -0.39 is 6.03 Å². The minimum atomic E-state index is -0.516. The highest BCUT2D eigenvalue weighted by atomic mass is 16.2. The molecular formula is C7H6N4O. The van der Waals surface area contributed by atoms with E-state index in [9.17, 15) is 4.79 Å². The van der Waals surface area contributed by atoms with Crippen LogP contribution in [0.4, 0.5) is 4.79 Å². The number of hydrogen-bond donors (Lipinski definition) is 1. The van der Waals surface area contributed by atoms with Crippen LogP contribution in [0.2, 0.25) is 0 Å². The van der Waals surface area contributed by atoms with Crippen LogP contribution in [-0.2, 0) is 0 Å². The van der Waals surface area contributed by atoms with Gasteiger partial charge in [0.15, 0.2) is 0 Å². The third-order valence-corrected chi connectivity index (χ3v) is 1.58. The molecule has 2 heterocycles.